The summed E-state index contributed by atoms with van der Waals surface area (Å²) in [5.74, 6) is -0.709. The Bertz CT molecular complexity index is 3880. The van der Waals surface area contributed by atoms with E-state index in [1.165, 1.54) is 134 Å². The van der Waals surface area contributed by atoms with Gasteiger partial charge in [-0.15, -0.1) is 0 Å². The molecule has 0 aliphatic heterocycles. The van der Waals surface area contributed by atoms with Crippen molar-refractivity contribution < 1.29 is 32.7 Å². The van der Waals surface area contributed by atoms with Crippen molar-refractivity contribution in [3.63, 3.8) is 0 Å². The zero-order chi connectivity index (χ0) is 69.0. The van der Waals surface area contributed by atoms with Crippen LogP contribution in [0.2, 0.25) is 0 Å². The fourth-order valence-electron chi connectivity index (χ4n) is 12.7. The Morgan fingerprint density at radius 2 is 0.883 bits per heavy atom. The van der Waals surface area contributed by atoms with E-state index in [4.69, 9.17) is 13.8 Å². The number of hydrogen-bond donors (Lipinski definition) is 1. The van der Waals surface area contributed by atoms with Gasteiger partial charge in [-0.05, 0) is 219 Å². The number of H-pyrrole nitrogens is 1. The predicted molar refractivity (Wildman–Crippen MR) is 389 cm³/mol. The van der Waals surface area contributed by atoms with Gasteiger partial charge in [0.2, 0.25) is 0 Å². The third kappa shape index (κ3) is 18.8. The summed E-state index contributed by atoms with van der Waals surface area (Å²) in [4.78, 5) is 22.8. The van der Waals surface area contributed by atoms with Crippen molar-refractivity contribution in [1.82, 2.24) is 20.0 Å². The molecule has 0 amide bonds. The molecule has 2 heterocycles. The summed E-state index contributed by atoms with van der Waals surface area (Å²) in [5, 5.41) is 10.7. The summed E-state index contributed by atoms with van der Waals surface area (Å²) < 4.78 is 32.9. The quantitative estimate of drug-likeness (QED) is 0.0721. The number of aromatic nitrogens is 4. The van der Waals surface area contributed by atoms with Crippen molar-refractivity contribution in [2.75, 3.05) is 28.4 Å². The highest BCUT2D eigenvalue weighted by Crippen LogP contribution is 2.51. The van der Waals surface area contributed by atoms with Crippen molar-refractivity contribution in [3.8, 4) is 0 Å². The third-order valence-electron chi connectivity index (χ3n) is 19.7. The number of aromatic amines is 1. The van der Waals surface area contributed by atoms with Crippen LogP contribution in [0.25, 0.3) is 24.3 Å². The third-order valence-corrected chi connectivity index (χ3v) is 21.6. The van der Waals surface area contributed by atoms with E-state index in [-0.39, 0.29) is 33.8 Å². The highest BCUT2D eigenvalue weighted by atomic mass is 31.2. The summed E-state index contributed by atoms with van der Waals surface area (Å²) in [7, 11) is 2.34. The van der Waals surface area contributed by atoms with Gasteiger partial charge in [-0.3, -0.25) is 14.3 Å². The molecule has 0 saturated carbocycles. The van der Waals surface area contributed by atoms with Crippen LogP contribution < -0.4 is 0 Å². The van der Waals surface area contributed by atoms with E-state index in [2.05, 4.69) is 216 Å². The molecule has 0 fully saturated rings. The first-order valence-corrected chi connectivity index (χ1v) is 34.8. The Kier molecular flexibility index (Phi) is 24.2. The molecule has 11 nitrogen and oxygen atoms in total. The normalized spacial score (nSPS) is 16.6. The molecule has 3 aliphatic rings. The van der Waals surface area contributed by atoms with Crippen LogP contribution in [0.3, 0.4) is 0 Å². The van der Waals surface area contributed by atoms with Gasteiger partial charge in [-0.25, -0.2) is 9.59 Å². The Morgan fingerprint density at radius 1 is 0.489 bits per heavy atom. The minimum Gasteiger partial charge on any atom is -0.465 e. The molecule has 0 unspecified atom stereocenters. The molecule has 500 valence electrons. The van der Waals surface area contributed by atoms with Gasteiger partial charge in [0, 0.05) is 39.0 Å². The van der Waals surface area contributed by atoms with Gasteiger partial charge in [0.1, 0.15) is 0 Å². The highest BCUT2D eigenvalue weighted by Gasteiger charge is 2.40. The highest BCUT2D eigenvalue weighted by molar-refractivity contribution is 7.52. The summed E-state index contributed by atoms with van der Waals surface area (Å²) in [6, 6.07) is 41.1. The Hall–Kier alpha value is -7.69. The smallest absolute Gasteiger partial charge is 0.337 e. The number of aryl methyl sites for hydroxylation is 4. The molecule has 2 aromatic heterocycles. The number of esters is 2. The average Bonchev–Trinajstić information content (AvgIpc) is 0.781. The van der Waals surface area contributed by atoms with Crippen LogP contribution in [-0.4, -0.2) is 60.4 Å². The molecule has 0 spiro atoms. The van der Waals surface area contributed by atoms with Crippen LogP contribution in [0.4, 0.5) is 0 Å². The minimum atomic E-state index is -3.06. The van der Waals surface area contributed by atoms with E-state index < -0.39 is 13.6 Å². The van der Waals surface area contributed by atoms with E-state index in [1.54, 1.807) is 59.9 Å². The molecule has 1 N–H and O–H groups in total. The van der Waals surface area contributed by atoms with Crippen molar-refractivity contribution in [3.05, 3.63) is 246 Å². The van der Waals surface area contributed by atoms with Crippen LogP contribution in [0, 0.1) is 27.7 Å². The maximum absolute atomic E-state index is 11.9. The van der Waals surface area contributed by atoms with Gasteiger partial charge >= 0.3 is 19.5 Å². The monoisotopic (exact) mass is 1290 g/mol. The minimum absolute atomic E-state index is 0.168. The molecule has 0 atom stereocenters. The number of nitrogens with zero attached hydrogens (tertiary/aromatic N) is 3. The Morgan fingerprint density at radius 3 is 1.27 bits per heavy atom. The second-order valence-corrected chi connectivity index (χ2v) is 31.9. The van der Waals surface area contributed by atoms with Crippen LogP contribution in [0.15, 0.2) is 146 Å². The zero-order valence-electron chi connectivity index (χ0n) is 60.0. The first-order valence-electron chi connectivity index (χ1n) is 33.0. The molecule has 11 rings (SSSR count). The zero-order valence-corrected chi connectivity index (χ0v) is 60.9. The first-order chi connectivity index (χ1) is 44.2. The summed E-state index contributed by atoms with van der Waals surface area (Å²) in [5.41, 5.74) is 24.2. The van der Waals surface area contributed by atoms with Gasteiger partial charge < -0.3 is 18.5 Å². The molecule has 3 aliphatic carbocycles. The van der Waals surface area contributed by atoms with E-state index in [0.29, 0.717) is 22.0 Å². The average molecular weight is 1290 g/mol. The van der Waals surface area contributed by atoms with Gasteiger partial charge in [0.05, 0.1) is 38.1 Å². The van der Waals surface area contributed by atoms with Crippen molar-refractivity contribution in [1.29, 1.82) is 0 Å². The Labute approximate surface area is 562 Å². The molecular formula is C82H105N4O7P. The SMILES string of the molecule is COC(=O)c1ccc(/C=C/c2cc3c(cc2C)C(C)(C)CCC3(C)C)cc1.COC(=O)c1ccc(CP(=O)(OC)OC)cc1.Cc1cc2c(cc1C)C(C)(C)CCC2(C)C.Cc1ccc(/C=C/c2cc3c(cc2Cn2cccn2)C(C)(C)CCC3(C)C)cc1.c1cn[nH]c1. The van der Waals surface area contributed by atoms with E-state index in [9.17, 15) is 14.2 Å². The molecule has 94 heavy (non-hydrogen) atoms. The second-order valence-electron chi connectivity index (χ2n) is 29.6. The van der Waals surface area contributed by atoms with Crippen LogP contribution in [-0.2, 0) is 68.3 Å². The number of nitrogens with one attached hydrogen (secondary N) is 1. The first kappa shape index (κ1) is 73.7. The molecule has 0 radical (unpaired) electrons. The summed E-state index contributed by atoms with van der Waals surface area (Å²) >= 11 is 0. The fourth-order valence-corrected chi connectivity index (χ4v) is 13.8. The number of hydrogen-bond acceptors (Lipinski definition) is 9. The van der Waals surface area contributed by atoms with Gasteiger partial charge in [-0.2, -0.15) is 10.2 Å². The predicted octanol–water partition coefficient (Wildman–Crippen LogP) is 20.6. The van der Waals surface area contributed by atoms with Crippen LogP contribution in [0.5, 0.6) is 0 Å². The number of fused-ring (bicyclic) bond motifs is 3. The van der Waals surface area contributed by atoms with Crippen molar-refractivity contribution >= 4 is 43.8 Å². The molecule has 12 heteroatoms. The number of carbonyl (C=O) groups is 2. The molecule has 0 saturated heterocycles. The van der Waals surface area contributed by atoms with Crippen molar-refractivity contribution in [2.45, 2.75) is 195 Å². The Balaban J connectivity index is 0.000000178. The fraction of sp³-hybridized carbons (Fsp3) is 0.415. The van der Waals surface area contributed by atoms with Gasteiger partial charge in [0.15, 0.2) is 0 Å². The molecule has 6 aromatic carbocycles. The lowest BCUT2D eigenvalue weighted by Gasteiger charge is -2.42. The lowest BCUT2D eigenvalue weighted by molar-refractivity contribution is 0.0592. The summed E-state index contributed by atoms with van der Waals surface area (Å²) in [6.45, 7) is 38.1. The van der Waals surface area contributed by atoms with E-state index in [1.807, 2.05) is 41.3 Å². The number of benzene rings is 6. The number of rotatable bonds is 12. The number of carbonyl (C=O) groups excluding carboxylic acids is 2. The molecule has 0 bridgehead atoms. The molecular weight excluding hydrogens is 1180 g/mol. The van der Waals surface area contributed by atoms with Crippen LogP contribution in [0.1, 0.15) is 231 Å². The maximum Gasteiger partial charge on any atom is 0.337 e. The maximum atomic E-state index is 11.9. The second kappa shape index (κ2) is 30.8. The van der Waals surface area contributed by atoms with Crippen LogP contribution >= 0.6 is 7.60 Å². The van der Waals surface area contributed by atoms with Crippen molar-refractivity contribution in [2.24, 2.45) is 0 Å². The lowest BCUT2D eigenvalue weighted by Crippen LogP contribution is -2.34. The largest absolute Gasteiger partial charge is 0.465 e. The number of ether oxygens (including phenoxy) is 2. The lowest BCUT2D eigenvalue weighted by atomic mass is 9.62. The molecule has 8 aromatic rings. The van der Waals surface area contributed by atoms with E-state index in [0.717, 1.165) is 17.7 Å². The van der Waals surface area contributed by atoms with E-state index >= 15 is 0 Å². The van der Waals surface area contributed by atoms with Gasteiger partial charge in [-0.1, -0.05) is 198 Å². The topological polar surface area (TPSA) is 135 Å². The standard InChI is InChI=1S/C27H32N2.C25H30O2.C16H24.C11H15O5P.C3H4N2/c1-20-7-9-21(10-8-20)11-12-22-17-24-25(27(4,5)14-13-26(24,2)3)18-23(22)19-29-16-6-15-28-29;1-17-15-21-22(25(4,5)14-13-24(21,2)3)16-20(17)12-9-18-7-10-19(11-8-18)23(26)27-6;1-11-9-13-14(10-12(11)2)16(5,6)8-7-15(13,3)4;1-14-11(12)10-6-4-9(5-7-10)8-17(13,15-2)16-3;1-2-4-5-3-1/h6-12,15-18H,13-14,19H2,1-5H3;7-12,15-16H,13-14H2,1-6H3;9-10H,7-8H2,1-6H3;4-7H,8H2,1-3H3;1-3H,(H,4,5)/b12-11+;12-9+;;;. The summed E-state index contributed by atoms with van der Waals surface area (Å²) in [6.07, 6.45) is 23.8. The number of methoxy groups -OCH3 is 2. The van der Waals surface area contributed by atoms with Gasteiger partial charge in [0.25, 0.3) is 0 Å².